The second-order valence-corrected chi connectivity index (χ2v) is 5.61. The van der Waals surface area contributed by atoms with Gasteiger partial charge in [0.05, 0.1) is 0 Å². The summed E-state index contributed by atoms with van der Waals surface area (Å²) in [6, 6.07) is 5.37. The molecular formula is C11H12ClNO4S. The number of rotatable bonds is 5. The summed E-state index contributed by atoms with van der Waals surface area (Å²) in [6.07, 6.45) is 1.35. The van der Waals surface area contributed by atoms with E-state index in [2.05, 4.69) is 0 Å². The predicted octanol–water partition coefficient (Wildman–Crippen LogP) is 1.70. The zero-order valence-electron chi connectivity index (χ0n) is 9.50. The van der Waals surface area contributed by atoms with Crippen molar-refractivity contribution in [1.29, 1.82) is 0 Å². The number of carboxylic acid groups (broad SMARTS) is 1. The minimum absolute atomic E-state index is 0.549. The van der Waals surface area contributed by atoms with Gasteiger partial charge in [-0.25, -0.2) is 8.42 Å². The molecule has 0 aliphatic carbocycles. The minimum atomic E-state index is -3.78. The van der Waals surface area contributed by atoms with Gasteiger partial charge < -0.3 is 5.11 Å². The Morgan fingerprint density at radius 3 is 2.44 bits per heavy atom. The van der Waals surface area contributed by atoms with Crippen LogP contribution in [-0.4, -0.2) is 25.5 Å². The number of carboxylic acids is 1. The molecule has 0 aliphatic heterocycles. The Morgan fingerprint density at radius 2 is 1.94 bits per heavy atom. The van der Waals surface area contributed by atoms with Crippen LogP contribution in [0, 0.1) is 0 Å². The van der Waals surface area contributed by atoms with E-state index >= 15 is 0 Å². The number of hydrogen-bond acceptors (Lipinski definition) is 3. The topological polar surface area (TPSA) is 83.5 Å². The highest BCUT2D eigenvalue weighted by Gasteiger charge is 2.16. The smallest absolute Gasteiger partial charge is 0.321 e. The molecule has 2 N–H and O–H groups in total. The van der Waals surface area contributed by atoms with Crippen molar-refractivity contribution in [3.05, 3.63) is 40.3 Å². The molecular weight excluding hydrogens is 278 g/mol. The summed E-state index contributed by atoms with van der Waals surface area (Å²) in [5.41, 5.74) is 0.646. The normalized spacial score (nSPS) is 13.7. The molecule has 1 unspecified atom stereocenters. The lowest BCUT2D eigenvalue weighted by atomic mass is 10.2. The van der Waals surface area contributed by atoms with Gasteiger partial charge in [0.15, 0.2) is 0 Å². The quantitative estimate of drug-likeness (QED) is 0.864. The van der Waals surface area contributed by atoms with E-state index in [1.54, 1.807) is 24.3 Å². The lowest BCUT2D eigenvalue weighted by Gasteiger charge is -2.06. The number of nitrogens with one attached hydrogen (secondary N) is 1. The van der Waals surface area contributed by atoms with E-state index in [1.807, 2.05) is 4.72 Å². The first-order valence-corrected chi connectivity index (χ1v) is 6.91. The van der Waals surface area contributed by atoms with Gasteiger partial charge in [-0.2, -0.15) is 4.72 Å². The summed E-state index contributed by atoms with van der Waals surface area (Å²) in [4.78, 5) is 10.5. The van der Waals surface area contributed by atoms with Crippen LogP contribution >= 0.6 is 11.6 Å². The Labute approximate surface area is 110 Å². The van der Waals surface area contributed by atoms with Crippen molar-refractivity contribution in [3.8, 4) is 0 Å². The van der Waals surface area contributed by atoms with Crippen LogP contribution in [0.2, 0.25) is 5.02 Å². The molecule has 1 aromatic rings. The summed E-state index contributed by atoms with van der Waals surface area (Å²) < 4.78 is 25.0. The number of sulfonamides is 1. The molecule has 0 saturated heterocycles. The minimum Gasteiger partial charge on any atom is -0.480 e. The molecule has 18 heavy (non-hydrogen) atoms. The monoisotopic (exact) mass is 289 g/mol. The molecule has 0 bridgehead atoms. The third-order valence-corrected chi connectivity index (χ3v) is 3.45. The van der Waals surface area contributed by atoms with E-state index in [0.717, 1.165) is 5.41 Å². The van der Waals surface area contributed by atoms with E-state index in [0.29, 0.717) is 10.6 Å². The predicted molar refractivity (Wildman–Crippen MR) is 69.6 cm³/mol. The average Bonchev–Trinajstić information content (AvgIpc) is 2.27. The molecule has 0 saturated carbocycles. The van der Waals surface area contributed by atoms with Crippen molar-refractivity contribution in [2.75, 3.05) is 0 Å². The maximum absolute atomic E-state index is 11.5. The fraction of sp³-hybridized carbons (Fsp3) is 0.182. The van der Waals surface area contributed by atoms with E-state index in [-0.39, 0.29) is 0 Å². The van der Waals surface area contributed by atoms with Gasteiger partial charge in [0.25, 0.3) is 0 Å². The maximum Gasteiger partial charge on any atom is 0.321 e. The summed E-state index contributed by atoms with van der Waals surface area (Å²) in [5.74, 6) is -1.24. The molecule has 0 heterocycles. The summed E-state index contributed by atoms with van der Waals surface area (Å²) >= 11 is 5.69. The van der Waals surface area contributed by atoms with Crippen LogP contribution in [0.1, 0.15) is 12.5 Å². The van der Waals surface area contributed by atoms with Crippen LogP contribution in [0.3, 0.4) is 0 Å². The first-order chi connectivity index (χ1) is 8.30. The highest BCUT2D eigenvalue weighted by atomic mass is 35.5. The van der Waals surface area contributed by atoms with Crippen molar-refractivity contribution in [2.45, 2.75) is 13.0 Å². The van der Waals surface area contributed by atoms with Crippen molar-refractivity contribution in [1.82, 2.24) is 4.72 Å². The van der Waals surface area contributed by atoms with Gasteiger partial charge in [0.2, 0.25) is 10.0 Å². The van der Waals surface area contributed by atoms with Gasteiger partial charge in [0, 0.05) is 10.4 Å². The molecule has 0 aromatic heterocycles. The summed E-state index contributed by atoms with van der Waals surface area (Å²) in [7, 11) is -3.78. The number of halogens is 1. The van der Waals surface area contributed by atoms with Gasteiger partial charge in [-0.1, -0.05) is 23.7 Å². The molecule has 1 rings (SSSR count). The molecule has 1 aromatic carbocycles. The lowest BCUT2D eigenvalue weighted by molar-refractivity contribution is -0.138. The van der Waals surface area contributed by atoms with Gasteiger partial charge in [-0.05, 0) is 30.7 Å². The van der Waals surface area contributed by atoms with Crippen molar-refractivity contribution in [3.63, 3.8) is 0 Å². The molecule has 98 valence electrons. The molecule has 0 aliphatic rings. The van der Waals surface area contributed by atoms with E-state index in [4.69, 9.17) is 16.7 Å². The Morgan fingerprint density at radius 1 is 1.39 bits per heavy atom. The van der Waals surface area contributed by atoms with Crippen molar-refractivity contribution >= 4 is 33.7 Å². The molecule has 0 fully saturated rings. The van der Waals surface area contributed by atoms with Crippen molar-refractivity contribution < 1.29 is 18.3 Å². The molecule has 7 heteroatoms. The SMILES string of the molecule is CC(NS(=O)(=O)/C=C/c1ccc(Cl)cc1)C(=O)O. The zero-order valence-corrected chi connectivity index (χ0v) is 11.1. The Kier molecular flexibility index (Phi) is 4.89. The van der Waals surface area contributed by atoms with Gasteiger partial charge in [0.1, 0.15) is 6.04 Å². The summed E-state index contributed by atoms with van der Waals surface area (Å²) in [5, 5.41) is 10.1. The van der Waals surface area contributed by atoms with Gasteiger partial charge in [-0.3, -0.25) is 4.79 Å². The number of hydrogen-bond donors (Lipinski definition) is 2. The number of aliphatic carboxylic acids is 1. The van der Waals surface area contributed by atoms with E-state index in [1.165, 1.54) is 13.0 Å². The van der Waals surface area contributed by atoms with Crippen LogP contribution in [0.5, 0.6) is 0 Å². The van der Waals surface area contributed by atoms with Crippen molar-refractivity contribution in [2.24, 2.45) is 0 Å². The third kappa shape index (κ3) is 4.87. The maximum atomic E-state index is 11.5. The van der Waals surface area contributed by atoms with E-state index in [9.17, 15) is 13.2 Å². The standard InChI is InChI=1S/C11H12ClNO4S/c1-8(11(14)15)13-18(16,17)7-6-9-2-4-10(12)5-3-9/h2-8,13H,1H3,(H,14,15)/b7-6+. The average molecular weight is 290 g/mol. The fourth-order valence-electron chi connectivity index (χ4n) is 1.08. The lowest BCUT2D eigenvalue weighted by Crippen LogP contribution is -2.37. The van der Waals surface area contributed by atoms with E-state index < -0.39 is 22.0 Å². The summed E-state index contributed by atoms with van der Waals surface area (Å²) in [6.45, 7) is 1.25. The second kappa shape index (κ2) is 5.99. The van der Waals surface area contributed by atoms with Crippen LogP contribution in [0.4, 0.5) is 0 Å². The number of carbonyl (C=O) groups is 1. The third-order valence-electron chi connectivity index (χ3n) is 2.02. The second-order valence-electron chi connectivity index (χ2n) is 3.58. The van der Waals surface area contributed by atoms with Gasteiger partial charge in [-0.15, -0.1) is 0 Å². The van der Waals surface area contributed by atoms with Crippen LogP contribution < -0.4 is 4.72 Å². The largest absolute Gasteiger partial charge is 0.480 e. The molecule has 0 amide bonds. The highest BCUT2D eigenvalue weighted by molar-refractivity contribution is 7.92. The zero-order chi connectivity index (χ0) is 13.8. The molecule has 5 nitrogen and oxygen atoms in total. The van der Waals surface area contributed by atoms with Crippen LogP contribution in [-0.2, 0) is 14.8 Å². The first kappa shape index (κ1) is 14.7. The number of benzene rings is 1. The van der Waals surface area contributed by atoms with Crippen LogP contribution in [0.25, 0.3) is 6.08 Å². The van der Waals surface area contributed by atoms with Crippen LogP contribution in [0.15, 0.2) is 29.7 Å². The molecule has 0 radical (unpaired) electrons. The first-order valence-electron chi connectivity index (χ1n) is 4.99. The van der Waals surface area contributed by atoms with Gasteiger partial charge >= 0.3 is 5.97 Å². The Hall–Kier alpha value is -1.37. The molecule has 0 spiro atoms. The highest BCUT2D eigenvalue weighted by Crippen LogP contribution is 2.11. The fourth-order valence-corrected chi connectivity index (χ4v) is 2.21. The Balaban J connectivity index is 2.76. The Bertz CT molecular complexity index is 551. The molecule has 1 atom stereocenters.